The van der Waals surface area contributed by atoms with E-state index in [0.29, 0.717) is 6.61 Å². The number of methoxy groups -OCH3 is 2. The summed E-state index contributed by atoms with van der Waals surface area (Å²) in [6.45, 7) is 4.72. The van der Waals surface area contributed by atoms with E-state index in [1.54, 1.807) is 14.2 Å². The van der Waals surface area contributed by atoms with Crippen LogP contribution in [0.1, 0.15) is 25.0 Å². The molecule has 0 aromatic heterocycles. The molecule has 0 aliphatic carbocycles. The van der Waals surface area contributed by atoms with Crippen molar-refractivity contribution >= 4 is 0 Å². The van der Waals surface area contributed by atoms with Gasteiger partial charge in [-0.25, -0.2) is 0 Å². The van der Waals surface area contributed by atoms with E-state index in [0.717, 1.165) is 22.6 Å². The average Bonchev–Trinajstić information content (AvgIpc) is 2.55. The molecule has 2 rings (SSSR count). The predicted molar refractivity (Wildman–Crippen MR) is 84.1 cm³/mol. The molecule has 0 unspecified atom stereocenters. The van der Waals surface area contributed by atoms with Crippen molar-refractivity contribution in [1.82, 2.24) is 0 Å². The van der Waals surface area contributed by atoms with Crippen LogP contribution in [0, 0.1) is 0 Å². The lowest BCUT2D eigenvalue weighted by atomic mass is 9.88. The van der Waals surface area contributed by atoms with E-state index < -0.39 is 5.60 Å². The van der Waals surface area contributed by atoms with Crippen LogP contribution in [0.2, 0.25) is 0 Å². The standard InChI is InChI=1S/C18H22O3/c1-5-21-18(2,14-6-10-16(19-3)11-7-14)15-8-12-17(20-4)13-9-15/h6-13H,5H2,1-4H3. The van der Waals surface area contributed by atoms with E-state index in [-0.39, 0.29) is 0 Å². The van der Waals surface area contributed by atoms with Crippen LogP contribution in [0.25, 0.3) is 0 Å². The molecular weight excluding hydrogens is 264 g/mol. The van der Waals surface area contributed by atoms with Gasteiger partial charge >= 0.3 is 0 Å². The van der Waals surface area contributed by atoms with E-state index >= 15 is 0 Å². The fraction of sp³-hybridized carbons (Fsp3) is 0.333. The second kappa shape index (κ2) is 6.64. The van der Waals surface area contributed by atoms with Crippen LogP contribution in [-0.4, -0.2) is 20.8 Å². The number of hydrogen-bond acceptors (Lipinski definition) is 3. The molecule has 2 aromatic rings. The monoisotopic (exact) mass is 286 g/mol. The van der Waals surface area contributed by atoms with Gasteiger partial charge in [-0.1, -0.05) is 24.3 Å². The van der Waals surface area contributed by atoms with Crippen molar-refractivity contribution in [3.05, 3.63) is 59.7 Å². The van der Waals surface area contributed by atoms with Crippen molar-refractivity contribution in [2.75, 3.05) is 20.8 Å². The summed E-state index contributed by atoms with van der Waals surface area (Å²) < 4.78 is 16.5. The van der Waals surface area contributed by atoms with E-state index in [4.69, 9.17) is 14.2 Å². The molecular formula is C18H22O3. The van der Waals surface area contributed by atoms with Gasteiger partial charge in [-0.05, 0) is 49.2 Å². The smallest absolute Gasteiger partial charge is 0.118 e. The van der Waals surface area contributed by atoms with Crippen LogP contribution in [0.5, 0.6) is 11.5 Å². The van der Waals surface area contributed by atoms with Gasteiger partial charge in [-0.15, -0.1) is 0 Å². The van der Waals surface area contributed by atoms with Gasteiger partial charge in [-0.2, -0.15) is 0 Å². The highest BCUT2D eigenvalue weighted by atomic mass is 16.5. The summed E-state index contributed by atoms with van der Waals surface area (Å²) in [7, 11) is 3.33. The topological polar surface area (TPSA) is 27.7 Å². The fourth-order valence-electron chi connectivity index (χ4n) is 2.44. The minimum atomic E-state index is -0.493. The summed E-state index contributed by atoms with van der Waals surface area (Å²) in [5.74, 6) is 1.68. The zero-order valence-corrected chi connectivity index (χ0v) is 13.1. The van der Waals surface area contributed by atoms with Gasteiger partial charge in [0.15, 0.2) is 0 Å². The normalized spacial score (nSPS) is 11.2. The lowest BCUT2D eigenvalue weighted by Gasteiger charge is -2.31. The minimum Gasteiger partial charge on any atom is -0.497 e. The molecule has 0 heterocycles. The highest BCUT2D eigenvalue weighted by Crippen LogP contribution is 2.35. The maximum Gasteiger partial charge on any atom is 0.118 e. The van der Waals surface area contributed by atoms with Crippen molar-refractivity contribution in [2.24, 2.45) is 0 Å². The van der Waals surface area contributed by atoms with Crippen LogP contribution < -0.4 is 9.47 Å². The van der Waals surface area contributed by atoms with Crippen molar-refractivity contribution in [3.8, 4) is 11.5 Å². The first-order valence-corrected chi connectivity index (χ1v) is 7.07. The van der Waals surface area contributed by atoms with E-state index in [1.807, 2.05) is 55.5 Å². The molecule has 112 valence electrons. The Morgan fingerprint density at radius 2 is 1.14 bits per heavy atom. The van der Waals surface area contributed by atoms with Crippen LogP contribution in [0.3, 0.4) is 0 Å². The molecule has 0 amide bonds. The molecule has 0 atom stereocenters. The Kier molecular flexibility index (Phi) is 4.86. The summed E-state index contributed by atoms with van der Waals surface area (Å²) >= 11 is 0. The highest BCUT2D eigenvalue weighted by molar-refractivity contribution is 5.40. The molecule has 0 fully saturated rings. The van der Waals surface area contributed by atoms with E-state index in [9.17, 15) is 0 Å². The molecule has 3 nitrogen and oxygen atoms in total. The van der Waals surface area contributed by atoms with E-state index in [2.05, 4.69) is 6.92 Å². The minimum absolute atomic E-state index is 0.493. The Balaban J connectivity index is 2.41. The summed E-state index contributed by atoms with van der Waals surface area (Å²) in [5.41, 5.74) is 1.69. The summed E-state index contributed by atoms with van der Waals surface area (Å²) in [5, 5.41) is 0. The molecule has 0 aliphatic heterocycles. The molecule has 0 radical (unpaired) electrons. The SMILES string of the molecule is CCOC(C)(c1ccc(OC)cc1)c1ccc(OC)cc1. The summed E-state index contributed by atoms with van der Waals surface area (Å²) in [6, 6.07) is 16.0. The fourth-order valence-corrected chi connectivity index (χ4v) is 2.44. The largest absolute Gasteiger partial charge is 0.497 e. The van der Waals surface area contributed by atoms with Crippen LogP contribution >= 0.6 is 0 Å². The first-order chi connectivity index (χ1) is 10.1. The second-order valence-electron chi connectivity index (χ2n) is 4.92. The molecule has 0 spiro atoms. The van der Waals surface area contributed by atoms with Crippen LogP contribution in [0.15, 0.2) is 48.5 Å². The zero-order chi connectivity index (χ0) is 15.3. The quantitative estimate of drug-likeness (QED) is 0.803. The summed E-state index contributed by atoms with van der Waals surface area (Å²) in [6.07, 6.45) is 0. The number of ether oxygens (including phenoxy) is 3. The molecule has 0 saturated heterocycles. The lowest BCUT2D eigenvalue weighted by Crippen LogP contribution is -2.27. The first-order valence-electron chi connectivity index (χ1n) is 7.07. The molecule has 3 heteroatoms. The third-order valence-corrected chi connectivity index (χ3v) is 3.71. The Morgan fingerprint density at radius 3 is 1.43 bits per heavy atom. The Hall–Kier alpha value is -2.00. The van der Waals surface area contributed by atoms with Gasteiger partial charge in [0.1, 0.15) is 17.1 Å². The maximum atomic E-state index is 6.07. The van der Waals surface area contributed by atoms with Gasteiger partial charge in [0.05, 0.1) is 14.2 Å². The summed E-state index contributed by atoms with van der Waals surface area (Å²) in [4.78, 5) is 0. The Morgan fingerprint density at radius 1 is 0.762 bits per heavy atom. The third kappa shape index (κ3) is 3.19. The first kappa shape index (κ1) is 15.4. The molecule has 2 aromatic carbocycles. The van der Waals surface area contributed by atoms with Crippen LogP contribution in [0.4, 0.5) is 0 Å². The zero-order valence-electron chi connectivity index (χ0n) is 13.1. The Bertz CT molecular complexity index is 511. The lowest BCUT2D eigenvalue weighted by molar-refractivity contribution is 0.00400. The number of rotatable bonds is 6. The van der Waals surface area contributed by atoms with Gasteiger partial charge in [0, 0.05) is 6.61 Å². The van der Waals surface area contributed by atoms with Gasteiger partial charge in [0.25, 0.3) is 0 Å². The highest BCUT2D eigenvalue weighted by Gasteiger charge is 2.29. The third-order valence-electron chi connectivity index (χ3n) is 3.71. The van der Waals surface area contributed by atoms with Crippen molar-refractivity contribution in [2.45, 2.75) is 19.4 Å². The van der Waals surface area contributed by atoms with Crippen molar-refractivity contribution in [1.29, 1.82) is 0 Å². The number of hydrogen-bond donors (Lipinski definition) is 0. The molecule has 0 N–H and O–H groups in total. The van der Waals surface area contributed by atoms with E-state index in [1.165, 1.54) is 0 Å². The van der Waals surface area contributed by atoms with Crippen LogP contribution in [-0.2, 0) is 10.3 Å². The molecule has 21 heavy (non-hydrogen) atoms. The van der Waals surface area contributed by atoms with Gasteiger partial charge < -0.3 is 14.2 Å². The Labute approximate surface area is 126 Å². The predicted octanol–water partition coefficient (Wildman–Crippen LogP) is 4.00. The second-order valence-corrected chi connectivity index (χ2v) is 4.92. The van der Waals surface area contributed by atoms with Crippen molar-refractivity contribution < 1.29 is 14.2 Å². The molecule has 0 aliphatic rings. The van der Waals surface area contributed by atoms with Gasteiger partial charge in [-0.3, -0.25) is 0 Å². The van der Waals surface area contributed by atoms with Gasteiger partial charge in [0.2, 0.25) is 0 Å². The number of benzene rings is 2. The maximum absolute atomic E-state index is 6.07. The van der Waals surface area contributed by atoms with Crippen molar-refractivity contribution in [3.63, 3.8) is 0 Å². The molecule has 0 bridgehead atoms. The molecule has 0 saturated carbocycles. The average molecular weight is 286 g/mol.